The van der Waals surface area contributed by atoms with E-state index in [9.17, 15) is 9.59 Å². The van der Waals surface area contributed by atoms with E-state index in [1.54, 1.807) is 22.8 Å². The average Bonchev–Trinajstić information content (AvgIpc) is 2.91. The van der Waals surface area contributed by atoms with Gasteiger partial charge in [-0.25, -0.2) is 19.1 Å². The predicted octanol–water partition coefficient (Wildman–Crippen LogP) is 5.99. The summed E-state index contributed by atoms with van der Waals surface area (Å²) in [7, 11) is 1.60. The van der Waals surface area contributed by atoms with Crippen LogP contribution < -0.4 is 15.3 Å². The van der Waals surface area contributed by atoms with Crippen molar-refractivity contribution in [3.05, 3.63) is 69.4 Å². The lowest BCUT2D eigenvalue weighted by Gasteiger charge is -2.60. The van der Waals surface area contributed by atoms with Crippen molar-refractivity contribution in [2.45, 2.75) is 53.1 Å². The van der Waals surface area contributed by atoms with Gasteiger partial charge in [-0.3, -0.25) is 4.98 Å². The number of halogens is 1. The Bertz CT molecular complexity index is 1830. The van der Waals surface area contributed by atoms with Crippen molar-refractivity contribution < 1.29 is 14.3 Å². The summed E-state index contributed by atoms with van der Waals surface area (Å²) in [5.41, 5.74) is 2.92. The molecule has 2 fully saturated rings. The molecule has 0 atom stereocenters. The third-order valence-corrected chi connectivity index (χ3v) is 8.43. The van der Waals surface area contributed by atoms with Gasteiger partial charge in [0.15, 0.2) is 5.65 Å². The highest BCUT2D eigenvalue weighted by Gasteiger charge is 2.54. The Morgan fingerprint density at radius 1 is 1.07 bits per heavy atom. The number of methoxy groups -OCH3 is 1. The van der Waals surface area contributed by atoms with E-state index >= 15 is 0 Å². The fourth-order valence-electron chi connectivity index (χ4n) is 6.19. The Morgan fingerprint density at radius 2 is 1.77 bits per heavy atom. The number of anilines is 1. The van der Waals surface area contributed by atoms with Crippen LogP contribution in [0.5, 0.6) is 5.75 Å². The Kier molecular flexibility index (Phi) is 7.31. The van der Waals surface area contributed by atoms with Crippen molar-refractivity contribution in [1.29, 1.82) is 0 Å². The van der Waals surface area contributed by atoms with Gasteiger partial charge in [-0.15, -0.1) is 0 Å². The predicted molar refractivity (Wildman–Crippen MR) is 171 cm³/mol. The number of para-hydroxylation sites is 1. The third-order valence-electron chi connectivity index (χ3n) is 8.14. The Labute approximate surface area is 261 Å². The molecule has 0 N–H and O–H groups in total. The molecule has 44 heavy (non-hydrogen) atoms. The summed E-state index contributed by atoms with van der Waals surface area (Å²) in [6.07, 6.45) is 1.45. The molecule has 230 valence electrons. The molecule has 2 aliphatic rings. The molecule has 1 spiro atoms. The van der Waals surface area contributed by atoms with Crippen molar-refractivity contribution in [2.24, 2.45) is 5.41 Å². The van der Waals surface area contributed by atoms with Crippen molar-refractivity contribution >= 4 is 34.5 Å². The van der Waals surface area contributed by atoms with Gasteiger partial charge in [0.25, 0.3) is 0 Å². The number of benzene rings is 1. The Hall–Kier alpha value is -4.18. The van der Waals surface area contributed by atoms with Crippen molar-refractivity contribution in [2.75, 3.05) is 38.2 Å². The van der Waals surface area contributed by atoms with Crippen LogP contribution in [0.25, 0.3) is 28.0 Å². The summed E-state index contributed by atoms with van der Waals surface area (Å²) in [5.74, 6) is 1.19. The second-order valence-corrected chi connectivity index (χ2v) is 13.6. The minimum atomic E-state index is -0.546. The van der Waals surface area contributed by atoms with E-state index in [0.717, 1.165) is 11.3 Å². The monoisotopic (exact) mass is 616 g/mol. The van der Waals surface area contributed by atoms with Crippen LogP contribution in [0.3, 0.4) is 0 Å². The quantitative estimate of drug-likeness (QED) is 0.269. The highest BCUT2D eigenvalue weighted by atomic mass is 35.5. The number of hydrogen-bond donors (Lipinski definition) is 0. The summed E-state index contributed by atoms with van der Waals surface area (Å²) in [6, 6.07) is 11.2. The second kappa shape index (κ2) is 10.8. The lowest BCUT2D eigenvalue weighted by atomic mass is 9.73. The van der Waals surface area contributed by atoms with E-state index in [4.69, 9.17) is 26.1 Å². The van der Waals surface area contributed by atoms with Crippen LogP contribution in [-0.2, 0) is 4.74 Å². The molecule has 10 nitrogen and oxygen atoms in total. The molecule has 2 saturated heterocycles. The number of pyridine rings is 2. The molecular formula is C33H37ClN6O4. The Balaban J connectivity index is 1.46. The number of carbonyl (C=O) groups is 1. The first kappa shape index (κ1) is 29.9. The van der Waals surface area contributed by atoms with Gasteiger partial charge in [-0.1, -0.05) is 37.6 Å². The number of aryl methyl sites for hydroxylation is 1. The molecule has 6 rings (SSSR count). The van der Waals surface area contributed by atoms with Gasteiger partial charge in [0, 0.05) is 43.4 Å². The first-order valence-electron chi connectivity index (χ1n) is 14.8. The summed E-state index contributed by atoms with van der Waals surface area (Å²) in [5, 5.41) is 1.07. The van der Waals surface area contributed by atoms with Crippen molar-refractivity contribution in [1.82, 2.24) is 24.4 Å². The molecular weight excluding hydrogens is 580 g/mol. The molecule has 0 radical (unpaired) electrons. The number of amides is 1. The minimum absolute atomic E-state index is 0.0503. The number of fused-ring (bicyclic) bond motifs is 1. The zero-order valence-corrected chi connectivity index (χ0v) is 26.9. The SMILES string of the molecule is COc1ccccc1-c1nc2c(cc1Cl)c(N1CC3(CN(C(=O)OC(C)(C)C)C3)C1)nc(=O)n2-c1c(C)ccnc1C(C)C. The lowest BCUT2D eigenvalue weighted by molar-refractivity contribution is -0.0454. The van der Waals surface area contributed by atoms with Gasteiger partial charge in [0.05, 0.1) is 34.6 Å². The van der Waals surface area contributed by atoms with Crippen LogP contribution in [0.4, 0.5) is 10.6 Å². The maximum Gasteiger partial charge on any atom is 0.410 e. The van der Waals surface area contributed by atoms with Crippen LogP contribution in [0, 0.1) is 12.3 Å². The zero-order valence-electron chi connectivity index (χ0n) is 26.1. The van der Waals surface area contributed by atoms with Crippen LogP contribution in [0.2, 0.25) is 5.02 Å². The first-order valence-corrected chi connectivity index (χ1v) is 15.1. The van der Waals surface area contributed by atoms with Gasteiger partial charge >= 0.3 is 11.8 Å². The van der Waals surface area contributed by atoms with Crippen LogP contribution >= 0.6 is 11.6 Å². The fourth-order valence-corrected chi connectivity index (χ4v) is 6.45. The molecule has 0 bridgehead atoms. The fraction of sp³-hybridized carbons (Fsp3) is 0.424. The van der Waals surface area contributed by atoms with Crippen LogP contribution in [-0.4, -0.2) is 69.4 Å². The Morgan fingerprint density at radius 3 is 2.43 bits per heavy atom. The number of likely N-dealkylation sites (tertiary alicyclic amines) is 1. The van der Waals surface area contributed by atoms with E-state index < -0.39 is 11.3 Å². The van der Waals surface area contributed by atoms with E-state index in [2.05, 4.69) is 14.9 Å². The van der Waals surface area contributed by atoms with Crippen molar-refractivity contribution in [3.8, 4) is 22.7 Å². The largest absolute Gasteiger partial charge is 0.496 e. The topological polar surface area (TPSA) is 103 Å². The molecule has 0 unspecified atom stereocenters. The van der Waals surface area contributed by atoms with E-state index in [-0.39, 0.29) is 17.4 Å². The molecule has 4 aromatic rings. The summed E-state index contributed by atoms with van der Waals surface area (Å²) in [6.45, 7) is 14.1. The lowest BCUT2D eigenvalue weighted by Crippen LogP contribution is -2.73. The van der Waals surface area contributed by atoms with Crippen LogP contribution in [0.15, 0.2) is 47.4 Å². The van der Waals surface area contributed by atoms with Crippen LogP contribution in [0.1, 0.15) is 51.8 Å². The number of hydrogen-bond acceptors (Lipinski definition) is 8. The van der Waals surface area contributed by atoms with Gasteiger partial charge in [0.1, 0.15) is 17.2 Å². The van der Waals surface area contributed by atoms with E-state index in [1.807, 2.05) is 77.9 Å². The molecule has 2 aliphatic heterocycles. The smallest absolute Gasteiger partial charge is 0.410 e. The highest BCUT2D eigenvalue weighted by molar-refractivity contribution is 6.34. The maximum atomic E-state index is 14.0. The number of carbonyl (C=O) groups excluding carboxylic acids is 1. The number of ether oxygens (including phenoxy) is 2. The normalized spacial score (nSPS) is 15.8. The van der Waals surface area contributed by atoms with Gasteiger partial charge in [0.2, 0.25) is 0 Å². The maximum absolute atomic E-state index is 14.0. The van der Waals surface area contributed by atoms with E-state index in [1.165, 1.54) is 0 Å². The van der Waals surface area contributed by atoms with Crippen molar-refractivity contribution in [3.63, 3.8) is 0 Å². The van der Waals surface area contributed by atoms with Gasteiger partial charge < -0.3 is 19.3 Å². The minimum Gasteiger partial charge on any atom is -0.496 e. The average molecular weight is 617 g/mol. The molecule has 0 saturated carbocycles. The number of nitrogens with zero attached hydrogens (tertiary/aromatic N) is 6. The molecule has 5 heterocycles. The molecule has 0 aliphatic carbocycles. The summed E-state index contributed by atoms with van der Waals surface area (Å²) < 4.78 is 12.7. The molecule has 11 heteroatoms. The second-order valence-electron chi connectivity index (χ2n) is 13.2. The zero-order chi connectivity index (χ0) is 31.6. The number of aromatic nitrogens is 4. The van der Waals surface area contributed by atoms with Gasteiger partial charge in [-0.05, 0) is 63.4 Å². The molecule has 1 amide bonds. The van der Waals surface area contributed by atoms with Gasteiger partial charge in [-0.2, -0.15) is 4.98 Å². The van der Waals surface area contributed by atoms with E-state index in [0.29, 0.717) is 70.7 Å². The highest BCUT2D eigenvalue weighted by Crippen LogP contribution is 2.44. The molecule has 3 aromatic heterocycles. The number of rotatable bonds is 5. The standard InChI is InChI=1S/C33H37ClN6O4/c1-19(2)25-27(20(3)12-13-35-25)40-29-22(14-23(34)26(36-29)21-10-8-9-11-24(21)43-7)28(37-30(40)41)38-15-33(16-38)17-39(18-33)31(42)44-32(4,5)6/h8-14,19H,15-18H2,1-7H3. The summed E-state index contributed by atoms with van der Waals surface area (Å²) >= 11 is 6.93. The third kappa shape index (κ3) is 5.15. The molecule has 1 aromatic carbocycles. The summed E-state index contributed by atoms with van der Waals surface area (Å²) in [4.78, 5) is 44.7. The first-order chi connectivity index (χ1) is 20.8.